The van der Waals surface area contributed by atoms with Crippen molar-refractivity contribution in [3.05, 3.63) is 47.8 Å². The molecule has 0 bridgehead atoms. The van der Waals surface area contributed by atoms with Crippen LogP contribution in [0.5, 0.6) is 0 Å². The first kappa shape index (κ1) is 14.6. The fourth-order valence-corrected chi connectivity index (χ4v) is 3.05. The topological polar surface area (TPSA) is 95.1 Å². The maximum absolute atomic E-state index is 13.7. The second-order valence-corrected chi connectivity index (χ2v) is 5.92. The number of halogens is 1. The van der Waals surface area contributed by atoms with Gasteiger partial charge in [0.1, 0.15) is 16.5 Å². The fraction of sp³-hybridized carbons (Fsp3) is 0.250. The number of aliphatic hydroxyl groups is 1. The van der Waals surface area contributed by atoms with Gasteiger partial charge in [-0.3, -0.25) is 0 Å². The molecule has 0 amide bonds. The first-order chi connectivity index (χ1) is 9.44. The summed E-state index contributed by atoms with van der Waals surface area (Å²) in [6.45, 7) is 1.22. The highest BCUT2D eigenvalue weighted by Gasteiger charge is 2.23. The van der Waals surface area contributed by atoms with Crippen LogP contribution in [0.2, 0.25) is 0 Å². The molecular formula is C12H14FN3O3S. The molecule has 1 atom stereocenters. The van der Waals surface area contributed by atoms with Crippen molar-refractivity contribution < 1.29 is 17.9 Å². The number of H-pyrrole nitrogens is 1. The summed E-state index contributed by atoms with van der Waals surface area (Å²) in [6, 6.07) is 2.81. The van der Waals surface area contributed by atoms with E-state index in [-0.39, 0.29) is 6.61 Å². The van der Waals surface area contributed by atoms with Crippen molar-refractivity contribution >= 4 is 10.0 Å². The standard InChI is InChI=1S/C12H14FN3O3S/c1-8(12-14-4-5-15-12)16-20(18,19)11-6-9(7-17)2-3-10(11)13/h2-6,8,16-17H,7H2,1H3,(H,14,15). The number of aliphatic hydroxyl groups excluding tert-OH is 1. The molecule has 20 heavy (non-hydrogen) atoms. The Kier molecular flexibility index (Phi) is 4.17. The van der Waals surface area contributed by atoms with Gasteiger partial charge < -0.3 is 10.1 Å². The Balaban J connectivity index is 2.31. The molecule has 0 fully saturated rings. The molecule has 2 rings (SSSR count). The van der Waals surface area contributed by atoms with Gasteiger partial charge in [-0.15, -0.1) is 0 Å². The van der Waals surface area contributed by atoms with Gasteiger partial charge >= 0.3 is 0 Å². The highest BCUT2D eigenvalue weighted by Crippen LogP contribution is 2.19. The number of benzene rings is 1. The summed E-state index contributed by atoms with van der Waals surface area (Å²) in [4.78, 5) is 6.21. The Morgan fingerprint density at radius 2 is 2.25 bits per heavy atom. The van der Waals surface area contributed by atoms with Crippen molar-refractivity contribution in [3.8, 4) is 0 Å². The average molecular weight is 299 g/mol. The van der Waals surface area contributed by atoms with Crippen LogP contribution in [0.1, 0.15) is 24.4 Å². The van der Waals surface area contributed by atoms with Crippen molar-refractivity contribution in [2.45, 2.75) is 24.5 Å². The Hall–Kier alpha value is -1.77. The van der Waals surface area contributed by atoms with E-state index in [4.69, 9.17) is 5.11 Å². The quantitative estimate of drug-likeness (QED) is 0.770. The molecule has 0 aliphatic carbocycles. The first-order valence-electron chi connectivity index (χ1n) is 5.85. The molecule has 1 aromatic carbocycles. The molecule has 8 heteroatoms. The molecule has 1 aromatic heterocycles. The van der Waals surface area contributed by atoms with Crippen molar-refractivity contribution in [1.82, 2.24) is 14.7 Å². The Morgan fingerprint density at radius 3 is 2.85 bits per heavy atom. The Bertz CT molecular complexity index is 686. The van der Waals surface area contributed by atoms with Crippen molar-refractivity contribution in [1.29, 1.82) is 0 Å². The SMILES string of the molecule is CC(NS(=O)(=O)c1cc(CO)ccc1F)c1ncc[nH]1. The van der Waals surface area contributed by atoms with Gasteiger partial charge in [-0.25, -0.2) is 22.5 Å². The number of nitrogens with one attached hydrogen (secondary N) is 2. The zero-order chi connectivity index (χ0) is 14.8. The van der Waals surface area contributed by atoms with Crippen LogP contribution in [0.4, 0.5) is 4.39 Å². The number of sulfonamides is 1. The molecule has 0 radical (unpaired) electrons. The van der Waals surface area contributed by atoms with Crippen molar-refractivity contribution in [3.63, 3.8) is 0 Å². The molecule has 0 saturated carbocycles. The molecule has 0 aliphatic heterocycles. The predicted octanol–water partition coefficient (Wildman–Crippen LogP) is 1.08. The number of rotatable bonds is 5. The summed E-state index contributed by atoms with van der Waals surface area (Å²) in [5.74, 6) is -0.450. The molecular weight excluding hydrogens is 285 g/mol. The van der Waals surface area contributed by atoms with Gasteiger partial charge in [0.2, 0.25) is 10.0 Å². The van der Waals surface area contributed by atoms with E-state index in [0.29, 0.717) is 11.4 Å². The van der Waals surface area contributed by atoms with Gasteiger partial charge in [-0.1, -0.05) is 6.07 Å². The third-order valence-corrected chi connectivity index (χ3v) is 4.28. The summed E-state index contributed by atoms with van der Waals surface area (Å²) in [5, 5.41) is 9.00. The van der Waals surface area contributed by atoms with Crippen molar-refractivity contribution in [2.75, 3.05) is 0 Å². The zero-order valence-electron chi connectivity index (χ0n) is 10.7. The number of aromatic amines is 1. The van der Waals surface area contributed by atoms with Gasteiger partial charge in [-0.05, 0) is 24.6 Å². The number of hydrogen-bond acceptors (Lipinski definition) is 4. The minimum atomic E-state index is -4.04. The van der Waals surface area contributed by atoms with Gasteiger partial charge in [-0.2, -0.15) is 0 Å². The first-order valence-corrected chi connectivity index (χ1v) is 7.33. The number of nitrogens with zero attached hydrogens (tertiary/aromatic N) is 1. The summed E-state index contributed by atoms with van der Waals surface area (Å²) < 4.78 is 40.3. The fourth-order valence-electron chi connectivity index (χ4n) is 1.72. The molecule has 0 saturated heterocycles. The molecule has 0 aliphatic rings. The summed E-state index contributed by atoms with van der Waals surface area (Å²) in [5.41, 5.74) is 0.317. The second-order valence-electron chi connectivity index (χ2n) is 4.24. The van der Waals surface area contributed by atoms with Crippen LogP contribution in [0.15, 0.2) is 35.5 Å². The predicted molar refractivity (Wildman–Crippen MR) is 69.6 cm³/mol. The summed E-state index contributed by atoms with van der Waals surface area (Å²) in [6.07, 6.45) is 3.06. The molecule has 0 spiro atoms. The maximum atomic E-state index is 13.7. The van der Waals surface area contributed by atoms with Crippen LogP contribution < -0.4 is 4.72 Å². The second kappa shape index (κ2) is 5.70. The van der Waals surface area contributed by atoms with E-state index in [1.807, 2.05) is 0 Å². The number of imidazole rings is 1. The van der Waals surface area contributed by atoms with E-state index in [9.17, 15) is 12.8 Å². The van der Waals surface area contributed by atoms with E-state index in [2.05, 4.69) is 14.7 Å². The minimum Gasteiger partial charge on any atom is -0.392 e. The molecule has 3 N–H and O–H groups in total. The van der Waals surface area contributed by atoms with Gasteiger partial charge in [0.25, 0.3) is 0 Å². The van der Waals surface area contributed by atoms with Crippen molar-refractivity contribution in [2.24, 2.45) is 0 Å². The van der Waals surface area contributed by atoms with E-state index in [1.54, 1.807) is 13.1 Å². The normalized spacial score (nSPS) is 13.3. The highest BCUT2D eigenvalue weighted by atomic mass is 32.2. The van der Waals surface area contributed by atoms with Gasteiger partial charge in [0.05, 0.1) is 12.6 Å². The molecule has 6 nitrogen and oxygen atoms in total. The smallest absolute Gasteiger partial charge is 0.244 e. The van der Waals surface area contributed by atoms with Gasteiger partial charge in [0, 0.05) is 12.4 Å². The van der Waals surface area contributed by atoms with Gasteiger partial charge in [0.15, 0.2) is 0 Å². The van der Waals surface area contributed by atoms with E-state index in [1.165, 1.54) is 12.3 Å². The highest BCUT2D eigenvalue weighted by molar-refractivity contribution is 7.89. The van der Waals surface area contributed by atoms with Crippen LogP contribution >= 0.6 is 0 Å². The lowest BCUT2D eigenvalue weighted by molar-refractivity contribution is 0.281. The van der Waals surface area contributed by atoms with Crippen LogP contribution in [0.25, 0.3) is 0 Å². The third-order valence-electron chi connectivity index (χ3n) is 2.73. The van der Waals surface area contributed by atoms with Crippen LogP contribution in [-0.4, -0.2) is 23.5 Å². The monoisotopic (exact) mass is 299 g/mol. The van der Waals surface area contributed by atoms with E-state index in [0.717, 1.165) is 12.1 Å². The Morgan fingerprint density at radius 1 is 1.50 bits per heavy atom. The molecule has 1 unspecified atom stereocenters. The largest absolute Gasteiger partial charge is 0.392 e. The zero-order valence-corrected chi connectivity index (χ0v) is 11.5. The number of aromatic nitrogens is 2. The van der Waals surface area contributed by atoms with Crippen LogP contribution in [0.3, 0.4) is 0 Å². The third kappa shape index (κ3) is 3.03. The molecule has 1 heterocycles. The van der Waals surface area contributed by atoms with E-state index < -0.39 is 26.8 Å². The average Bonchev–Trinajstić information content (AvgIpc) is 2.92. The molecule has 108 valence electrons. The minimum absolute atomic E-state index is 0.317. The Labute approximate surface area is 115 Å². The molecule has 2 aromatic rings. The van der Waals surface area contributed by atoms with Crippen LogP contribution in [0, 0.1) is 5.82 Å². The maximum Gasteiger partial charge on any atom is 0.244 e. The summed E-state index contributed by atoms with van der Waals surface area (Å²) >= 11 is 0. The lowest BCUT2D eigenvalue weighted by Gasteiger charge is -2.13. The van der Waals surface area contributed by atoms with E-state index >= 15 is 0 Å². The van der Waals surface area contributed by atoms with Crippen LogP contribution in [-0.2, 0) is 16.6 Å². The summed E-state index contributed by atoms with van der Waals surface area (Å²) in [7, 11) is -4.04. The lowest BCUT2D eigenvalue weighted by atomic mass is 10.2. The number of hydrogen-bond donors (Lipinski definition) is 3. The lowest BCUT2D eigenvalue weighted by Crippen LogP contribution is -2.28.